The number of nitrogens with zero attached hydrogens (tertiary/aromatic N) is 4. The van der Waals surface area contributed by atoms with Crippen LogP contribution in [0.5, 0.6) is 0 Å². The molecule has 0 radical (unpaired) electrons. The zero-order chi connectivity index (χ0) is 20.7. The van der Waals surface area contributed by atoms with Crippen LogP contribution in [-0.2, 0) is 19.3 Å². The SMILES string of the molecule is CCNC(=NCc1ccnc(-n2cccn2)c1)NCc1ccc(C(F)(F)F)cc1.I. The molecule has 3 aromatic rings. The topological polar surface area (TPSA) is 67.1 Å². The van der Waals surface area contributed by atoms with E-state index in [1.807, 2.05) is 31.3 Å². The molecule has 10 heteroatoms. The van der Waals surface area contributed by atoms with Crippen LogP contribution in [0.25, 0.3) is 5.82 Å². The Hall–Kier alpha value is -2.63. The molecular weight excluding hydrogens is 508 g/mol. The van der Waals surface area contributed by atoms with Gasteiger partial charge in [-0.05, 0) is 48.4 Å². The van der Waals surface area contributed by atoms with E-state index in [9.17, 15) is 13.2 Å². The Bertz CT molecular complexity index is 940. The molecule has 3 rings (SSSR count). The van der Waals surface area contributed by atoms with E-state index in [2.05, 4.69) is 25.7 Å². The fraction of sp³-hybridized carbons (Fsp3) is 0.250. The van der Waals surface area contributed by atoms with Gasteiger partial charge in [-0.3, -0.25) is 0 Å². The van der Waals surface area contributed by atoms with Crippen molar-refractivity contribution in [2.75, 3.05) is 6.54 Å². The van der Waals surface area contributed by atoms with Crippen molar-refractivity contribution < 1.29 is 13.2 Å². The van der Waals surface area contributed by atoms with E-state index >= 15 is 0 Å². The van der Waals surface area contributed by atoms with Crippen molar-refractivity contribution in [3.05, 3.63) is 77.7 Å². The monoisotopic (exact) mass is 530 g/mol. The number of hydrogen-bond acceptors (Lipinski definition) is 3. The number of alkyl halides is 3. The molecule has 0 spiro atoms. The van der Waals surface area contributed by atoms with E-state index in [1.54, 1.807) is 17.1 Å². The number of guanidine groups is 1. The third kappa shape index (κ3) is 6.71. The first-order chi connectivity index (χ1) is 14.0. The lowest BCUT2D eigenvalue weighted by Gasteiger charge is -2.12. The van der Waals surface area contributed by atoms with Gasteiger partial charge in [0.2, 0.25) is 0 Å². The van der Waals surface area contributed by atoms with Gasteiger partial charge in [-0.15, -0.1) is 24.0 Å². The molecule has 0 unspecified atom stereocenters. The number of halogens is 4. The summed E-state index contributed by atoms with van der Waals surface area (Å²) in [5, 5.41) is 10.4. The van der Waals surface area contributed by atoms with Crippen LogP contribution in [-0.4, -0.2) is 27.3 Å². The first kappa shape index (κ1) is 23.6. The highest BCUT2D eigenvalue weighted by atomic mass is 127. The van der Waals surface area contributed by atoms with E-state index in [4.69, 9.17) is 0 Å². The lowest BCUT2D eigenvalue weighted by molar-refractivity contribution is -0.137. The normalized spacial score (nSPS) is 11.7. The lowest BCUT2D eigenvalue weighted by atomic mass is 10.1. The molecular formula is C20H22F3IN6. The number of rotatable bonds is 6. The first-order valence-corrected chi connectivity index (χ1v) is 9.09. The van der Waals surface area contributed by atoms with E-state index in [1.165, 1.54) is 12.1 Å². The molecule has 1 aromatic carbocycles. The second kappa shape index (κ2) is 11.0. The molecule has 2 N–H and O–H groups in total. The van der Waals surface area contributed by atoms with Gasteiger partial charge >= 0.3 is 6.18 Å². The molecule has 0 bridgehead atoms. The standard InChI is InChI=1S/C20H21F3N6.HI/c1-2-24-19(26-13-15-4-6-17(7-5-15)20(21,22)23)27-14-16-8-10-25-18(12-16)29-11-3-9-28-29;/h3-12H,2,13-14H2,1H3,(H2,24,26,27);1H. The van der Waals surface area contributed by atoms with Gasteiger partial charge in [-0.1, -0.05) is 12.1 Å². The van der Waals surface area contributed by atoms with Crippen LogP contribution >= 0.6 is 24.0 Å². The van der Waals surface area contributed by atoms with Gasteiger partial charge in [0.25, 0.3) is 0 Å². The van der Waals surface area contributed by atoms with Crippen LogP contribution in [0.15, 0.2) is 66.0 Å². The van der Waals surface area contributed by atoms with E-state index in [0.29, 0.717) is 31.4 Å². The molecule has 0 fully saturated rings. The number of pyridine rings is 1. The van der Waals surface area contributed by atoms with E-state index in [0.717, 1.165) is 23.3 Å². The summed E-state index contributed by atoms with van der Waals surface area (Å²) in [4.78, 5) is 8.82. The third-order valence-corrected chi connectivity index (χ3v) is 4.05. The van der Waals surface area contributed by atoms with Gasteiger partial charge in [-0.2, -0.15) is 18.3 Å². The van der Waals surface area contributed by atoms with Gasteiger partial charge in [-0.25, -0.2) is 14.7 Å². The Morgan fingerprint density at radius 3 is 2.47 bits per heavy atom. The molecule has 30 heavy (non-hydrogen) atoms. The zero-order valence-electron chi connectivity index (χ0n) is 16.2. The Kier molecular flexibility index (Phi) is 8.63. The Morgan fingerprint density at radius 1 is 1.07 bits per heavy atom. The third-order valence-electron chi connectivity index (χ3n) is 4.05. The minimum atomic E-state index is -4.33. The first-order valence-electron chi connectivity index (χ1n) is 9.09. The molecule has 0 saturated carbocycles. The molecule has 0 saturated heterocycles. The maximum Gasteiger partial charge on any atom is 0.416 e. The smallest absolute Gasteiger partial charge is 0.357 e. The van der Waals surface area contributed by atoms with Crippen LogP contribution < -0.4 is 10.6 Å². The van der Waals surface area contributed by atoms with Gasteiger partial charge in [0.15, 0.2) is 11.8 Å². The van der Waals surface area contributed by atoms with Crippen LogP contribution in [0.1, 0.15) is 23.6 Å². The van der Waals surface area contributed by atoms with E-state index < -0.39 is 11.7 Å². The fourth-order valence-corrected chi connectivity index (χ4v) is 2.60. The fourth-order valence-electron chi connectivity index (χ4n) is 2.60. The molecule has 0 atom stereocenters. The van der Waals surface area contributed by atoms with Gasteiger partial charge in [0.1, 0.15) is 0 Å². The highest BCUT2D eigenvalue weighted by molar-refractivity contribution is 14.0. The highest BCUT2D eigenvalue weighted by Crippen LogP contribution is 2.29. The van der Waals surface area contributed by atoms with Gasteiger partial charge < -0.3 is 10.6 Å². The summed E-state index contributed by atoms with van der Waals surface area (Å²) in [5.41, 5.74) is 1.03. The average Bonchev–Trinajstić information content (AvgIpc) is 3.25. The van der Waals surface area contributed by atoms with Crippen molar-refractivity contribution in [1.82, 2.24) is 25.4 Å². The quantitative estimate of drug-likeness (QED) is 0.286. The van der Waals surface area contributed by atoms with Crippen molar-refractivity contribution in [1.29, 1.82) is 0 Å². The minimum Gasteiger partial charge on any atom is -0.357 e. The maximum atomic E-state index is 12.7. The summed E-state index contributed by atoms with van der Waals surface area (Å²) in [6.07, 6.45) is 0.859. The van der Waals surface area contributed by atoms with Crippen LogP contribution in [0.2, 0.25) is 0 Å². The average molecular weight is 530 g/mol. The number of benzene rings is 1. The van der Waals surface area contributed by atoms with Gasteiger partial charge in [0, 0.05) is 31.7 Å². The molecule has 0 aliphatic carbocycles. The summed E-state index contributed by atoms with van der Waals surface area (Å²) in [7, 11) is 0. The Morgan fingerprint density at radius 2 is 1.83 bits per heavy atom. The summed E-state index contributed by atoms with van der Waals surface area (Å²) in [6.45, 7) is 3.38. The molecule has 0 aliphatic heterocycles. The Balaban J connectivity index is 0.00000320. The molecule has 160 valence electrons. The number of aliphatic imine (C=N–C) groups is 1. The van der Waals surface area contributed by atoms with Crippen LogP contribution in [0.4, 0.5) is 13.2 Å². The second-order valence-corrected chi connectivity index (χ2v) is 6.22. The van der Waals surface area contributed by atoms with Crippen molar-refractivity contribution >= 4 is 29.9 Å². The van der Waals surface area contributed by atoms with Crippen molar-refractivity contribution in [2.24, 2.45) is 4.99 Å². The highest BCUT2D eigenvalue weighted by Gasteiger charge is 2.29. The summed E-state index contributed by atoms with van der Waals surface area (Å²) >= 11 is 0. The van der Waals surface area contributed by atoms with Crippen LogP contribution in [0.3, 0.4) is 0 Å². The number of nitrogens with one attached hydrogen (secondary N) is 2. The second-order valence-electron chi connectivity index (χ2n) is 6.22. The summed E-state index contributed by atoms with van der Waals surface area (Å²) < 4.78 is 39.6. The van der Waals surface area contributed by atoms with Crippen molar-refractivity contribution in [3.63, 3.8) is 0 Å². The van der Waals surface area contributed by atoms with Crippen molar-refractivity contribution in [2.45, 2.75) is 26.2 Å². The number of aromatic nitrogens is 3. The van der Waals surface area contributed by atoms with Crippen molar-refractivity contribution in [3.8, 4) is 5.82 Å². The zero-order valence-corrected chi connectivity index (χ0v) is 18.6. The summed E-state index contributed by atoms with van der Waals surface area (Å²) in [6, 6.07) is 10.7. The van der Waals surface area contributed by atoms with E-state index in [-0.39, 0.29) is 24.0 Å². The largest absolute Gasteiger partial charge is 0.416 e. The number of hydrogen-bond donors (Lipinski definition) is 2. The molecule has 2 aromatic heterocycles. The molecule has 0 aliphatic rings. The maximum absolute atomic E-state index is 12.7. The van der Waals surface area contributed by atoms with Crippen LogP contribution in [0, 0.1) is 0 Å². The molecule has 6 nitrogen and oxygen atoms in total. The van der Waals surface area contributed by atoms with Gasteiger partial charge in [0.05, 0.1) is 12.1 Å². The predicted molar refractivity (Wildman–Crippen MR) is 120 cm³/mol. The molecule has 2 heterocycles. The minimum absolute atomic E-state index is 0. The predicted octanol–water partition coefficient (Wildman–Crippen LogP) is 4.16. The molecule has 0 amide bonds. The lowest BCUT2D eigenvalue weighted by Crippen LogP contribution is -2.36. The summed E-state index contributed by atoms with van der Waals surface area (Å²) in [5.74, 6) is 1.27. The Labute approximate surface area is 189 Å².